The zero-order chi connectivity index (χ0) is 17.8. The van der Waals surface area contributed by atoms with Gasteiger partial charge >= 0.3 is 6.36 Å². The molecule has 0 aliphatic heterocycles. The minimum atomic E-state index is -4.69. The topological polar surface area (TPSA) is 64.4 Å². The van der Waals surface area contributed by atoms with Crippen molar-refractivity contribution in [1.29, 1.82) is 0 Å². The van der Waals surface area contributed by atoms with E-state index in [-0.39, 0.29) is 30.0 Å². The molecule has 2 atom stereocenters. The van der Waals surface area contributed by atoms with Crippen molar-refractivity contribution in [1.82, 2.24) is 5.32 Å². The lowest BCUT2D eigenvalue weighted by atomic mass is 9.74. The average molecular weight is 381 g/mol. The maximum absolute atomic E-state index is 12.3. The number of rotatable bonds is 5. The summed E-state index contributed by atoms with van der Waals surface area (Å²) in [6, 6.07) is 5.65. The van der Waals surface area contributed by atoms with Gasteiger partial charge in [-0.25, -0.2) is 0 Å². The summed E-state index contributed by atoms with van der Waals surface area (Å²) in [6.07, 6.45) is -0.473. The minimum Gasteiger partial charge on any atom is -0.406 e. The predicted molar refractivity (Wildman–Crippen MR) is 91.6 cm³/mol. The van der Waals surface area contributed by atoms with Crippen LogP contribution in [0.25, 0.3) is 0 Å². The van der Waals surface area contributed by atoms with Crippen molar-refractivity contribution in [3.63, 3.8) is 0 Å². The summed E-state index contributed by atoms with van der Waals surface area (Å²) in [4.78, 5) is 12.3. The van der Waals surface area contributed by atoms with Crippen molar-refractivity contribution in [2.45, 2.75) is 50.9 Å². The Morgan fingerprint density at radius 1 is 1.32 bits per heavy atom. The van der Waals surface area contributed by atoms with Gasteiger partial charge in [0.2, 0.25) is 5.91 Å². The van der Waals surface area contributed by atoms with Crippen LogP contribution in [0.1, 0.15) is 38.2 Å². The highest BCUT2D eigenvalue weighted by molar-refractivity contribution is 5.85. The largest absolute Gasteiger partial charge is 0.573 e. The van der Waals surface area contributed by atoms with Crippen LogP contribution in [-0.4, -0.2) is 24.4 Å². The number of ether oxygens (including phenoxy) is 1. The Kier molecular flexibility index (Phi) is 7.56. The Balaban J connectivity index is 0.00000312. The zero-order valence-electron chi connectivity index (χ0n) is 14.1. The highest BCUT2D eigenvalue weighted by Crippen LogP contribution is 2.31. The molecular weight excluding hydrogens is 357 g/mol. The molecule has 0 heterocycles. The molecule has 1 aliphatic rings. The summed E-state index contributed by atoms with van der Waals surface area (Å²) < 4.78 is 40.1. The van der Waals surface area contributed by atoms with Crippen molar-refractivity contribution in [2.75, 3.05) is 6.54 Å². The number of benzene rings is 1. The van der Waals surface area contributed by atoms with Crippen molar-refractivity contribution in [3.05, 3.63) is 29.8 Å². The van der Waals surface area contributed by atoms with Gasteiger partial charge in [-0.15, -0.1) is 25.6 Å². The first-order valence-electron chi connectivity index (χ1n) is 8.09. The minimum absolute atomic E-state index is 0. The van der Waals surface area contributed by atoms with Crippen LogP contribution in [-0.2, 0) is 11.2 Å². The molecule has 8 heteroatoms. The van der Waals surface area contributed by atoms with E-state index >= 15 is 0 Å². The first-order valence-corrected chi connectivity index (χ1v) is 8.09. The molecule has 142 valence electrons. The van der Waals surface area contributed by atoms with Crippen molar-refractivity contribution in [3.8, 4) is 5.75 Å². The van der Waals surface area contributed by atoms with Crippen molar-refractivity contribution >= 4 is 18.3 Å². The molecule has 1 saturated carbocycles. The van der Waals surface area contributed by atoms with E-state index in [0.717, 1.165) is 31.2 Å². The van der Waals surface area contributed by atoms with Crippen LogP contribution in [0.15, 0.2) is 24.3 Å². The monoisotopic (exact) mass is 380 g/mol. The molecule has 2 unspecified atom stereocenters. The van der Waals surface area contributed by atoms with Gasteiger partial charge in [0.1, 0.15) is 5.75 Å². The average Bonchev–Trinajstić information content (AvgIpc) is 2.47. The van der Waals surface area contributed by atoms with Gasteiger partial charge in [0, 0.05) is 12.1 Å². The Bertz CT molecular complexity index is 562. The molecule has 1 aromatic carbocycles. The molecule has 0 bridgehead atoms. The van der Waals surface area contributed by atoms with Gasteiger partial charge in [-0.05, 0) is 43.9 Å². The summed E-state index contributed by atoms with van der Waals surface area (Å²) in [5.74, 6) is -0.484. The van der Waals surface area contributed by atoms with E-state index in [2.05, 4.69) is 10.1 Å². The molecular formula is C17H24ClF3N2O2. The van der Waals surface area contributed by atoms with Crippen LogP contribution in [0.4, 0.5) is 13.2 Å². The smallest absolute Gasteiger partial charge is 0.406 e. The Hall–Kier alpha value is -1.47. The van der Waals surface area contributed by atoms with E-state index in [1.54, 1.807) is 12.1 Å². The fourth-order valence-corrected chi connectivity index (χ4v) is 3.10. The highest BCUT2D eigenvalue weighted by Gasteiger charge is 2.37. The number of alkyl halides is 3. The van der Waals surface area contributed by atoms with Gasteiger partial charge in [0.15, 0.2) is 0 Å². The lowest BCUT2D eigenvalue weighted by Crippen LogP contribution is -2.53. The van der Waals surface area contributed by atoms with E-state index in [1.165, 1.54) is 12.1 Å². The number of carbonyl (C=O) groups excluding carboxylic acids is 1. The summed E-state index contributed by atoms with van der Waals surface area (Å²) in [5.41, 5.74) is 6.56. The van der Waals surface area contributed by atoms with Gasteiger partial charge < -0.3 is 15.8 Å². The number of nitrogens with one attached hydrogen (secondary N) is 1. The number of carbonyl (C=O) groups is 1. The van der Waals surface area contributed by atoms with Crippen LogP contribution in [0.3, 0.4) is 0 Å². The quantitative estimate of drug-likeness (QED) is 0.820. The maximum Gasteiger partial charge on any atom is 0.573 e. The fourth-order valence-electron chi connectivity index (χ4n) is 3.10. The lowest BCUT2D eigenvalue weighted by molar-refractivity contribution is -0.274. The summed E-state index contributed by atoms with van der Waals surface area (Å²) in [7, 11) is 0. The van der Waals surface area contributed by atoms with Crippen LogP contribution in [0, 0.1) is 5.92 Å². The summed E-state index contributed by atoms with van der Waals surface area (Å²) >= 11 is 0. The van der Waals surface area contributed by atoms with Gasteiger partial charge in [0.25, 0.3) is 0 Å². The molecule has 0 saturated heterocycles. The predicted octanol–water partition coefficient (Wildman–Crippen LogP) is 3.57. The Morgan fingerprint density at radius 3 is 2.52 bits per heavy atom. The molecule has 4 nitrogen and oxygen atoms in total. The standard InChI is InChI=1S/C17H23F3N2O2.ClH/c1-16(21)10-3-2-4-14(16)15(23)22-11-9-12-5-7-13(8-6-12)24-17(18,19)20;/h5-8,14H,2-4,9-11,21H2,1H3,(H,22,23);1H. The number of hydrogen-bond donors (Lipinski definition) is 2. The first kappa shape index (κ1) is 21.6. The molecule has 3 N–H and O–H groups in total. The SMILES string of the molecule is CC1(N)CCCCC1C(=O)NCCc1ccc(OC(F)(F)F)cc1.Cl. The second kappa shape index (κ2) is 8.76. The van der Waals surface area contributed by atoms with Crippen LogP contribution in [0.2, 0.25) is 0 Å². The van der Waals surface area contributed by atoms with E-state index in [9.17, 15) is 18.0 Å². The van der Waals surface area contributed by atoms with Crippen LogP contribution < -0.4 is 15.8 Å². The second-order valence-electron chi connectivity index (χ2n) is 6.54. The van der Waals surface area contributed by atoms with E-state index < -0.39 is 11.9 Å². The molecule has 1 aliphatic carbocycles. The lowest BCUT2D eigenvalue weighted by Gasteiger charge is -2.37. The second-order valence-corrected chi connectivity index (χ2v) is 6.54. The molecule has 0 spiro atoms. The van der Waals surface area contributed by atoms with E-state index in [4.69, 9.17) is 5.73 Å². The maximum atomic E-state index is 12.3. The van der Waals surface area contributed by atoms with E-state index in [1.807, 2.05) is 6.92 Å². The number of amides is 1. The third-order valence-electron chi connectivity index (χ3n) is 4.44. The van der Waals surface area contributed by atoms with Gasteiger partial charge in [-0.2, -0.15) is 0 Å². The molecule has 25 heavy (non-hydrogen) atoms. The zero-order valence-corrected chi connectivity index (χ0v) is 14.9. The third kappa shape index (κ3) is 6.74. The Labute approximate surface area is 151 Å². The Morgan fingerprint density at radius 2 is 1.96 bits per heavy atom. The number of hydrogen-bond acceptors (Lipinski definition) is 3. The van der Waals surface area contributed by atoms with E-state index in [0.29, 0.717) is 13.0 Å². The summed E-state index contributed by atoms with van der Waals surface area (Å²) in [6.45, 7) is 2.33. The molecule has 0 aromatic heterocycles. The fraction of sp³-hybridized carbons (Fsp3) is 0.588. The first-order chi connectivity index (χ1) is 11.2. The summed E-state index contributed by atoms with van der Waals surface area (Å²) in [5, 5.41) is 2.88. The number of nitrogens with two attached hydrogens (primary N) is 1. The van der Waals surface area contributed by atoms with Crippen LogP contribution in [0.5, 0.6) is 5.75 Å². The number of halogens is 4. The molecule has 1 amide bonds. The molecule has 1 fully saturated rings. The van der Waals surface area contributed by atoms with Gasteiger partial charge in [-0.1, -0.05) is 25.0 Å². The third-order valence-corrected chi connectivity index (χ3v) is 4.44. The van der Waals surface area contributed by atoms with Crippen LogP contribution >= 0.6 is 12.4 Å². The molecule has 0 radical (unpaired) electrons. The molecule has 2 rings (SSSR count). The van der Waals surface area contributed by atoms with Crippen molar-refractivity contribution < 1.29 is 22.7 Å². The van der Waals surface area contributed by atoms with Gasteiger partial charge in [-0.3, -0.25) is 4.79 Å². The van der Waals surface area contributed by atoms with Gasteiger partial charge in [0.05, 0.1) is 5.92 Å². The highest BCUT2D eigenvalue weighted by atomic mass is 35.5. The molecule has 1 aromatic rings. The van der Waals surface area contributed by atoms with Crippen molar-refractivity contribution in [2.24, 2.45) is 11.7 Å². The normalized spacial score (nSPS) is 23.5.